The van der Waals surface area contributed by atoms with Gasteiger partial charge in [-0.05, 0) is 0 Å². The number of carboxylic acids is 1. The summed E-state index contributed by atoms with van der Waals surface area (Å²) < 4.78 is 8.29. The van der Waals surface area contributed by atoms with Crippen molar-refractivity contribution in [3.8, 4) is 0 Å². The Morgan fingerprint density at radius 3 is 3.07 bits per heavy atom. The minimum atomic E-state index is -0.970. The van der Waals surface area contributed by atoms with E-state index in [9.17, 15) is 4.79 Å². The van der Waals surface area contributed by atoms with Crippen molar-refractivity contribution in [3.05, 3.63) is 24.2 Å². The van der Waals surface area contributed by atoms with Crippen LogP contribution in [0.15, 0.2) is 18.6 Å². The molecule has 2 aromatic heterocycles. The van der Waals surface area contributed by atoms with Crippen molar-refractivity contribution in [2.75, 3.05) is 13.7 Å². The van der Waals surface area contributed by atoms with E-state index in [-0.39, 0.29) is 5.56 Å². The van der Waals surface area contributed by atoms with Gasteiger partial charge in [-0.15, -0.1) is 0 Å². The van der Waals surface area contributed by atoms with E-state index in [0.717, 1.165) is 0 Å². The summed E-state index contributed by atoms with van der Waals surface area (Å²) in [6.07, 6.45) is 4.85. The van der Waals surface area contributed by atoms with Crippen molar-refractivity contribution >= 4 is 11.6 Å². The first kappa shape index (κ1) is 9.72. The molecule has 0 aliphatic carbocycles. The molecule has 0 unspecified atom stereocenters. The Hall–Kier alpha value is -1.82. The standard InChI is InChI=1S/C9H11N3O3/c1-15-5-4-11-2-3-12-8(11)7(6-10-12)9(13)14/h2-3,6H,4-5H2,1H3,(H,13,14). The number of hydrogen-bond acceptors (Lipinski definition) is 3. The predicted molar refractivity (Wildman–Crippen MR) is 52.0 cm³/mol. The fourth-order valence-corrected chi connectivity index (χ4v) is 1.49. The fourth-order valence-electron chi connectivity index (χ4n) is 1.49. The van der Waals surface area contributed by atoms with E-state index >= 15 is 0 Å². The van der Waals surface area contributed by atoms with Crippen molar-refractivity contribution in [2.45, 2.75) is 6.54 Å². The Morgan fingerprint density at radius 1 is 1.60 bits per heavy atom. The van der Waals surface area contributed by atoms with Crippen LogP contribution in [0.3, 0.4) is 0 Å². The lowest BCUT2D eigenvalue weighted by molar-refractivity contribution is 0.0698. The van der Waals surface area contributed by atoms with Gasteiger partial charge in [-0.2, -0.15) is 5.10 Å². The van der Waals surface area contributed by atoms with Gasteiger partial charge in [0.05, 0.1) is 12.8 Å². The number of aromatic carboxylic acids is 1. The third-order valence-electron chi connectivity index (χ3n) is 2.20. The Bertz CT molecular complexity index is 486. The summed E-state index contributed by atoms with van der Waals surface area (Å²) in [5.74, 6) is -0.970. The van der Waals surface area contributed by atoms with Crippen molar-refractivity contribution in [3.63, 3.8) is 0 Å². The largest absolute Gasteiger partial charge is 0.477 e. The molecule has 1 N–H and O–H groups in total. The number of fused-ring (bicyclic) bond motifs is 1. The van der Waals surface area contributed by atoms with Crippen molar-refractivity contribution < 1.29 is 14.6 Å². The van der Waals surface area contributed by atoms with E-state index in [0.29, 0.717) is 18.8 Å². The van der Waals surface area contributed by atoms with Crippen LogP contribution in [-0.4, -0.2) is 39.0 Å². The molecule has 80 valence electrons. The lowest BCUT2D eigenvalue weighted by atomic mass is 10.3. The van der Waals surface area contributed by atoms with E-state index in [1.807, 2.05) is 0 Å². The van der Waals surface area contributed by atoms with Gasteiger partial charge in [-0.1, -0.05) is 0 Å². The van der Waals surface area contributed by atoms with Gasteiger partial charge in [0.2, 0.25) is 0 Å². The van der Waals surface area contributed by atoms with Crippen LogP contribution in [0, 0.1) is 0 Å². The van der Waals surface area contributed by atoms with E-state index in [1.54, 1.807) is 28.6 Å². The fraction of sp³-hybridized carbons (Fsp3) is 0.333. The van der Waals surface area contributed by atoms with Crippen LogP contribution in [0.2, 0.25) is 0 Å². The number of aromatic nitrogens is 3. The average Bonchev–Trinajstić information content (AvgIpc) is 2.74. The van der Waals surface area contributed by atoms with Crippen LogP contribution in [0.25, 0.3) is 5.65 Å². The topological polar surface area (TPSA) is 68.8 Å². The quantitative estimate of drug-likeness (QED) is 0.795. The Labute approximate surface area is 85.7 Å². The molecule has 0 aromatic carbocycles. The molecule has 0 aliphatic rings. The summed E-state index contributed by atoms with van der Waals surface area (Å²) in [4.78, 5) is 10.9. The molecule has 0 atom stereocenters. The lowest BCUT2D eigenvalue weighted by Gasteiger charge is -2.02. The van der Waals surface area contributed by atoms with Gasteiger partial charge in [0.25, 0.3) is 0 Å². The molecule has 2 aromatic rings. The molecule has 2 heterocycles. The highest BCUT2D eigenvalue weighted by atomic mass is 16.5. The minimum Gasteiger partial charge on any atom is -0.477 e. The third-order valence-corrected chi connectivity index (χ3v) is 2.20. The molecule has 0 spiro atoms. The maximum Gasteiger partial charge on any atom is 0.341 e. The van der Waals surface area contributed by atoms with Gasteiger partial charge in [0.15, 0.2) is 5.65 Å². The van der Waals surface area contributed by atoms with Crippen molar-refractivity contribution in [2.24, 2.45) is 0 Å². The molecular formula is C9H11N3O3. The maximum atomic E-state index is 10.9. The molecule has 0 saturated heterocycles. The van der Waals surface area contributed by atoms with E-state index in [2.05, 4.69) is 5.10 Å². The normalized spacial score (nSPS) is 11.0. The Kier molecular flexibility index (Phi) is 2.42. The zero-order valence-corrected chi connectivity index (χ0v) is 8.25. The number of methoxy groups -OCH3 is 1. The average molecular weight is 209 g/mol. The van der Waals surface area contributed by atoms with Gasteiger partial charge in [-0.3, -0.25) is 0 Å². The number of nitrogens with zero attached hydrogens (tertiary/aromatic N) is 3. The second-order valence-electron chi connectivity index (χ2n) is 3.12. The number of rotatable bonds is 4. The van der Waals surface area contributed by atoms with Gasteiger partial charge >= 0.3 is 5.97 Å². The zero-order chi connectivity index (χ0) is 10.8. The van der Waals surface area contributed by atoms with Gasteiger partial charge in [0, 0.05) is 26.0 Å². The molecule has 0 amide bonds. The molecule has 0 aliphatic heterocycles. The van der Waals surface area contributed by atoms with Crippen LogP contribution < -0.4 is 0 Å². The second-order valence-corrected chi connectivity index (χ2v) is 3.12. The van der Waals surface area contributed by atoms with Crippen LogP contribution >= 0.6 is 0 Å². The second kappa shape index (κ2) is 3.74. The molecule has 2 rings (SSSR count). The summed E-state index contributed by atoms with van der Waals surface area (Å²) in [5.41, 5.74) is 0.788. The number of hydrogen-bond donors (Lipinski definition) is 1. The lowest BCUT2D eigenvalue weighted by Crippen LogP contribution is -2.06. The van der Waals surface area contributed by atoms with Crippen molar-refractivity contribution in [1.82, 2.24) is 14.2 Å². The smallest absolute Gasteiger partial charge is 0.341 e. The maximum absolute atomic E-state index is 10.9. The SMILES string of the molecule is COCCn1ccn2ncc(C(=O)O)c12. The molecule has 0 bridgehead atoms. The van der Waals surface area contributed by atoms with Gasteiger partial charge in [-0.25, -0.2) is 9.31 Å². The monoisotopic (exact) mass is 209 g/mol. The number of ether oxygens (including phenoxy) is 1. The van der Waals surface area contributed by atoms with Crippen LogP contribution in [-0.2, 0) is 11.3 Å². The number of carbonyl (C=O) groups is 1. The van der Waals surface area contributed by atoms with E-state index in [4.69, 9.17) is 9.84 Å². The number of carboxylic acid groups (broad SMARTS) is 1. The van der Waals surface area contributed by atoms with Crippen LogP contribution in [0.4, 0.5) is 0 Å². The first-order chi connectivity index (χ1) is 7.24. The highest BCUT2D eigenvalue weighted by Gasteiger charge is 2.14. The number of imidazole rings is 1. The highest BCUT2D eigenvalue weighted by Crippen LogP contribution is 2.11. The highest BCUT2D eigenvalue weighted by molar-refractivity contribution is 5.94. The molecule has 0 fully saturated rings. The van der Waals surface area contributed by atoms with Crippen LogP contribution in [0.5, 0.6) is 0 Å². The first-order valence-electron chi connectivity index (χ1n) is 4.48. The van der Waals surface area contributed by atoms with E-state index in [1.165, 1.54) is 6.20 Å². The third kappa shape index (κ3) is 1.59. The molecule has 6 nitrogen and oxygen atoms in total. The van der Waals surface area contributed by atoms with Crippen LogP contribution in [0.1, 0.15) is 10.4 Å². The summed E-state index contributed by atoms with van der Waals surface area (Å²) >= 11 is 0. The summed E-state index contributed by atoms with van der Waals surface area (Å²) in [7, 11) is 1.61. The predicted octanol–water partition coefficient (Wildman–Crippen LogP) is 0.480. The molecule has 0 saturated carbocycles. The molecule has 0 radical (unpaired) electrons. The molecule has 6 heteroatoms. The van der Waals surface area contributed by atoms with Crippen molar-refractivity contribution in [1.29, 1.82) is 0 Å². The van der Waals surface area contributed by atoms with Gasteiger partial charge < -0.3 is 14.4 Å². The Balaban J connectivity index is 2.45. The summed E-state index contributed by atoms with van der Waals surface area (Å²) in [6.45, 7) is 1.15. The summed E-state index contributed by atoms with van der Waals surface area (Å²) in [6, 6.07) is 0. The van der Waals surface area contributed by atoms with E-state index < -0.39 is 5.97 Å². The summed E-state index contributed by atoms with van der Waals surface area (Å²) in [5, 5.41) is 12.9. The zero-order valence-electron chi connectivity index (χ0n) is 8.25. The first-order valence-corrected chi connectivity index (χ1v) is 4.48. The molecule has 15 heavy (non-hydrogen) atoms. The Morgan fingerprint density at radius 2 is 2.40 bits per heavy atom. The van der Waals surface area contributed by atoms with Gasteiger partial charge in [0.1, 0.15) is 5.56 Å². The molecular weight excluding hydrogens is 198 g/mol. The minimum absolute atomic E-state index is 0.205.